The van der Waals surface area contributed by atoms with Gasteiger partial charge in [0.05, 0.1) is 6.04 Å². The fourth-order valence-electron chi connectivity index (χ4n) is 1.65. The molecule has 0 saturated carbocycles. The van der Waals surface area contributed by atoms with Crippen molar-refractivity contribution >= 4 is 0 Å². The molecule has 0 amide bonds. The molecule has 1 aromatic heterocycles. The Kier molecular flexibility index (Phi) is 2.28. The summed E-state index contributed by atoms with van der Waals surface area (Å²) >= 11 is 0. The molecule has 1 fully saturated rings. The molecule has 2 rings (SSSR count). The van der Waals surface area contributed by atoms with Crippen LogP contribution in [0.3, 0.4) is 0 Å². The minimum Gasteiger partial charge on any atom is -0.313 e. The molecular formula is C8H15N5. The van der Waals surface area contributed by atoms with Crippen molar-refractivity contribution in [1.82, 2.24) is 25.2 Å². The second-order valence-electron chi connectivity index (χ2n) is 3.52. The van der Waals surface area contributed by atoms with Gasteiger partial charge >= 0.3 is 0 Å². The minimum absolute atomic E-state index is 0.377. The largest absolute Gasteiger partial charge is 0.313 e. The molecule has 1 aliphatic heterocycles. The van der Waals surface area contributed by atoms with Crippen LogP contribution in [0.1, 0.15) is 11.7 Å². The van der Waals surface area contributed by atoms with Crippen LogP contribution in [0.15, 0.2) is 6.20 Å². The summed E-state index contributed by atoms with van der Waals surface area (Å²) in [5.74, 6) is 0. The number of hydrogen-bond acceptors (Lipinski definition) is 4. The molecule has 1 aliphatic rings. The normalized spacial score (nSPS) is 24.9. The molecule has 13 heavy (non-hydrogen) atoms. The van der Waals surface area contributed by atoms with Crippen molar-refractivity contribution < 1.29 is 0 Å². The maximum atomic E-state index is 4.12. The van der Waals surface area contributed by atoms with E-state index >= 15 is 0 Å². The maximum absolute atomic E-state index is 4.12. The van der Waals surface area contributed by atoms with Crippen molar-refractivity contribution in [1.29, 1.82) is 0 Å². The fourth-order valence-corrected chi connectivity index (χ4v) is 1.65. The Labute approximate surface area is 77.7 Å². The number of nitrogens with one attached hydrogen (secondary N) is 1. The second kappa shape index (κ2) is 3.43. The third-order valence-corrected chi connectivity index (χ3v) is 2.47. The van der Waals surface area contributed by atoms with E-state index in [2.05, 4.69) is 27.6 Å². The molecule has 1 atom stereocenters. The summed E-state index contributed by atoms with van der Waals surface area (Å²) in [5.41, 5.74) is 1.05. The smallest absolute Gasteiger partial charge is 0.101 e. The molecular weight excluding hydrogens is 166 g/mol. The van der Waals surface area contributed by atoms with Crippen LogP contribution in [0, 0.1) is 0 Å². The monoisotopic (exact) mass is 181 g/mol. The van der Waals surface area contributed by atoms with Gasteiger partial charge in [-0.1, -0.05) is 5.21 Å². The quantitative estimate of drug-likeness (QED) is 0.628. The van der Waals surface area contributed by atoms with E-state index in [9.17, 15) is 0 Å². The van der Waals surface area contributed by atoms with Crippen LogP contribution in [-0.4, -0.2) is 46.6 Å². The van der Waals surface area contributed by atoms with Gasteiger partial charge in [-0.2, -0.15) is 0 Å². The molecule has 72 valence electrons. The number of rotatable bonds is 1. The number of aromatic nitrogens is 3. The lowest BCUT2D eigenvalue weighted by Crippen LogP contribution is -2.43. The molecule has 1 N–H and O–H groups in total. The topological polar surface area (TPSA) is 46.0 Å². The van der Waals surface area contributed by atoms with Gasteiger partial charge in [0.2, 0.25) is 0 Å². The number of piperazine rings is 1. The van der Waals surface area contributed by atoms with Gasteiger partial charge in [-0.05, 0) is 7.05 Å². The predicted octanol–water partition coefficient (Wildman–Crippen LogP) is -0.609. The highest BCUT2D eigenvalue weighted by Gasteiger charge is 2.22. The molecule has 0 aliphatic carbocycles. The summed E-state index contributed by atoms with van der Waals surface area (Å²) in [6, 6.07) is 0.377. The molecule has 5 nitrogen and oxygen atoms in total. The van der Waals surface area contributed by atoms with Crippen molar-refractivity contribution in [3.63, 3.8) is 0 Å². The summed E-state index contributed by atoms with van der Waals surface area (Å²) in [6.45, 7) is 3.10. The van der Waals surface area contributed by atoms with Crippen molar-refractivity contribution in [2.45, 2.75) is 6.04 Å². The Morgan fingerprint density at radius 2 is 2.38 bits per heavy atom. The Bertz CT molecular complexity index is 282. The lowest BCUT2D eigenvalue weighted by atomic mass is 10.1. The summed E-state index contributed by atoms with van der Waals surface area (Å²) in [5, 5.41) is 11.4. The average molecular weight is 181 g/mol. The van der Waals surface area contributed by atoms with Crippen LogP contribution in [0.4, 0.5) is 0 Å². The van der Waals surface area contributed by atoms with Gasteiger partial charge in [-0.15, -0.1) is 5.10 Å². The number of hydrogen-bond donors (Lipinski definition) is 1. The van der Waals surface area contributed by atoms with Crippen LogP contribution in [0.5, 0.6) is 0 Å². The lowest BCUT2D eigenvalue weighted by Gasteiger charge is -2.31. The summed E-state index contributed by atoms with van der Waals surface area (Å²) < 4.78 is 1.75. The third-order valence-electron chi connectivity index (χ3n) is 2.47. The fraction of sp³-hybridized carbons (Fsp3) is 0.750. The zero-order valence-corrected chi connectivity index (χ0v) is 8.06. The second-order valence-corrected chi connectivity index (χ2v) is 3.52. The van der Waals surface area contributed by atoms with Crippen molar-refractivity contribution in [2.75, 3.05) is 26.7 Å². The zero-order valence-electron chi connectivity index (χ0n) is 8.06. The van der Waals surface area contributed by atoms with E-state index in [1.165, 1.54) is 0 Å². The van der Waals surface area contributed by atoms with Crippen molar-refractivity contribution in [3.8, 4) is 0 Å². The van der Waals surface area contributed by atoms with E-state index in [0.29, 0.717) is 6.04 Å². The molecule has 1 saturated heterocycles. The SMILES string of the molecule is CN1CCNCC1c1cn(C)nn1. The van der Waals surface area contributed by atoms with Crippen LogP contribution in [-0.2, 0) is 7.05 Å². The van der Waals surface area contributed by atoms with E-state index in [4.69, 9.17) is 0 Å². The predicted molar refractivity (Wildman–Crippen MR) is 49.2 cm³/mol. The Hall–Kier alpha value is -0.940. The summed E-state index contributed by atoms with van der Waals surface area (Å²) in [4.78, 5) is 2.31. The van der Waals surface area contributed by atoms with Gasteiger partial charge < -0.3 is 5.32 Å². The van der Waals surface area contributed by atoms with E-state index in [-0.39, 0.29) is 0 Å². The number of likely N-dealkylation sites (N-methyl/N-ethyl adjacent to an activating group) is 1. The molecule has 0 spiro atoms. The Morgan fingerprint density at radius 3 is 3.00 bits per heavy atom. The highest BCUT2D eigenvalue weighted by atomic mass is 15.4. The molecule has 0 aromatic carbocycles. The molecule has 1 unspecified atom stereocenters. The molecule has 5 heteroatoms. The minimum atomic E-state index is 0.377. The van der Waals surface area contributed by atoms with E-state index in [1.54, 1.807) is 4.68 Å². The first-order valence-corrected chi connectivity index (χ1v) is 4.54. The van der Waals surface area contributed by atoms with E-state index in [1.807, 2.05) is 13.2 Å². The zero-order chi connectivity index (χ0) is 9.26. The Balaban J connectivity index is 2.14. The van der Waals surface area contributed by atoms with Crippen LogP contribution in [0.2, 0.25) is 0 Å². The third kappa shape index (κ3) is 1.71. The first kappa shape index (κ1) is 8.65. The van der Waals surface area contributed by atoms with Gasteiger partial charge in [0.1, 0.15) is 5.69 Å². The highest BCUT2D eigenvalue weighted by Crippen LogP contribution is 2.16. The van der Waals surface area contributed by atoms with E-state index in [0.717, 1.165) is 25.3 Å². The number of aryl methyl sites for hydroxylation is 1. The average Bonchev–Trinajstić information content (AvgIpc) is 2.53. The van der Waals surface area contributed by atoms with Crippen LogP contribution >= 0.6 is 0 Å². The Morgan fingerprint density at radius 1 is 1.54 bits per heavy atom. The maximum Gasteiger partial charge on any atom is 0.101 e. The van der Waals surface area contributed by atoms with Crippen molar-refractivity contribution in [2.24, 2.45) is 7.05 Å². The molecule has 2 heterocycles. The van der Waals surface area contributed by atoms with Gasteiger partial charge in [0.25, 0.3) is 0 Å². The first-order chi connectivity index (χ1) is 6.27. The molecule has 0 bridgehead atoms. The first-order valence-electron chi connectivity index (χ1n) is 4.54. The van der Waals surface area contributed by atoms with Gasteiger partial charge in [0.15, 0.2) is 0 Å². The van der Waals surface area contributed by atoms with Crippen molar-refractivity contribution in [3.05, 3.63) is 11.9 Å². The standard InChI is InChI=1S/C8H15N5/c1-12-4-3-9-5-8(12)7-6-13(2)11-10-7/h6,8-9H,3-5H2,1-2H3. The molecule has 1 aromatic rings. The lowest BCUT2D eigenvalue weighted by molar-refractivity contribution is 0.198. The highest BCUT2D eigenvalue weighted by molar-refractivity contribution is 5.03. The van der Waals surface area contributed by atoms with Gasteiger partial charge in [-0.3, -0.25) is 9.58 Å². The molecule has 0 radical (unpaired) electrons. The number of nitrogens with zero attached hydrogens (tertiary/aromatic N) is 4. The summed E-state index contributed by atoms with van der Waals surface area (Å²) in [6.07, 6.45) is 1.98. The van der Waals surface area contributed by atoms with Crippen LogP contribution < -0.4 is 5.32 Å². The van der Waals surface area contributed by atoms with Crippen LogP contribution in [0.25, 0.3) is 0 Å². The van der Waals surface area contributed by atoms with E-state index < -0.39 is 0 Å². The summed E-state index contributed by atoms with van der Waals surface area (Å²) in [7, 11) is 4.02. The van der Waals surface area contributed by atoms with Gasteiger partial charge in [0, 0.05) is 32.9 Å². The van der Waals surface area contributed by atoms with Gasteiger partial charge in [-0.25, -0.2) is 0 Å².